The van der Waals surface area contributed by atoms with Gasteiger partial charge in [0.05, 0.1) is 17.7 Å². The Morgan fingerprint density at radius 1 is 1.43 bits per heavy atom. The minimum atomic E-state index is -0.0629. The summed E-state index contributed by atoms with van der Waals surface area (Å²) in [6, 6.07) is 3.79. The summed E-state index contributed by atoms with van der Waals surface area (Å²) in [5.74, 6) is 0. The summed E-state index contributed by atoms with van der Waals surface area (Å²) in [6.45, 7) is 1.94. The lowest BCUT2D eigenvalue weighted by Crippen LogP contribution is -2.14. The third-order valence-electron chi connectivity index (χ3n) is 2.16. The zero-order chi connectivity index (χ0) is 9.97. The van der Waals surface area contributed by atoms with E-state index in [2.05, 4.69) is 15.0 Å². The first-order valence-electron chi connectivity index (χ1n) is 4.53. The van der Waals surface area contributed by atoms with Gasteiger partial charge in [0.15, 0.2) is 0 Å². The highest BCUT2D eigenvalue weighted by atomic mass is 16.1. The van der Waals surface area contributed by atoms with Crippen molar-refractivity contribution in [3.63, 3.8) is 0 Å². The molecule has 0 fully saturated rings. The highest BCUT2D eigenvalue weighted by Crippen LogP contribution is 2.15. The van der Waals surface area contributed by atoms with Crippen molar-refractivity contribution in [2.45, 2.75) is 13.3 Å². The molecule has 0 spiro atoms. The van der Waals surface area contributed by atoms with E-state index < -0.39 is 0 Å². The summed E-state index contributed by atoms with van der Waals surface area (Å²) >= 11 is 0. The molecule has 2 aromatic heterocycles. The molecule has 2 rings (SSSR count). The summed E-state index contributed by atoms with van der Waals surface area (Å²) in [7, 11) is 0. The summed E-state index contributed by atoms with van der Waals surface area (Å²) < 4.78 is 0. The molecule has 14 heavy (non-hydrogen) atoms. The third-order valence-corrected chi connectivity index (χ3v) is 2.16. The van der Waals surface area contributed by atoms with E-state index >= 15 is 0 Å². The lowest BCUT2D eigenvalue weighted by molar-refractivity contribution is 1.00. The van der Waals surface area contributed by atoms with Crippen LogP contribution >= 0.6 is 0 Å². The summed E-state index contributed by atoms with van der Waals surface area (Å²) in [4.78, 5) is 21.2. The molecule has 0 aliphatic rings. The molecule has 0 radical (unpaired) electrons. The van der Waals surface area contributed by atoms with Crippen molar-refractivity contribution >= 4 is 0 Å². The van der Waals surface area contributed by atoms with Gasteiger partial charge in [-0.05, 0) is 18.6 Å². The predicted molar refractivity (Wildman–Crippen MR) is 54.0 cm³/mol. The fraction of sp³-hybridized carbons (Fsp3) is 0.200. The van der Waals surface area contributed by atoms with Crippen LogP contribution in [0.5, 0.6) is 0 Å². The molecular formula is C10H11N3O. The number of nitrogens with one attached hydrogen (secondary N) is 2. The van der Waals surface area contributed by atoms with Gasteiger partial charge in [-0.25, -0.2) is 4.98 Å². The van der Waals surface area contributed by atoms with Crippen molar-refractivity contribution in [3.8, 4) is 11.4 Å². The average molecular weight is 189 g/mol. The lowest BCUT2D eigenvalue weighted by Gasteiger charge is -2.02. The lowest BCUT2D eigenvalue weighted by atomic mass is 10.1. The molecule has 0 saturated carbocycles. The Kier molecular flexibility index (Phi) is 2.18. The Morgan fingerprint density at radius 3 is 2.93 bits per heavy atom. The zero-order valence-corrected chi connectivity index (χ0v) is 7.87. The van der Waals surface area contributed by atoms with Crippen LogP contribution in [0.1, 0.15) is 12.5 Å². The third kappa shape index (κ3) is 1.35. The molecule has 4 heteroatoms. The fourth-order valence-electron chi connectivity index (χ4n) is 1.47. The maximum Gasteiger partial charge on any atom is 0.254 e. The molecule has 0 atom stereocenters. The van der Waals surface area contributed by atoms with Crippen molar-refractivity contribution in [1.82, 2.24) is 15.0 Å². The van der Waals surface area contributed by atoms with Crippen molar-refractivity contribution in [3.05, 3.63) is 40.6 Å². The number of aromatic amines is 2. The van der Waals surface area contributed by atoms with Crippen molar-refractivity contribution in [2.24, 2.45) is 0 Å². The Bertz CT molecular complexity index is 470. The van der Waals surface area contributed by atoms with Gasteiger partial charge in [0.2, 0.25) is 0 Å². The molecule has 72 valence electrons. The van der Waals surface area contributed by atoms with Gasteiger partial charge in [-0.2, -0.15) is 0 Å². The normalized spacial score (nSPS) is 10.4. The number of rotatable bonds is 2. The van der Waals surface area contributed by atoms with E-state index in [9.17, 15) is 4.79 Å². The van der Waals surface area contributed by atoms with Crippen molar-refractivity contribution in [2.75, 3.05) is 0 Å². The van der Waals surface area contributed by atoms with Crippen LogP contribution in [0.15, 0.2) is 29.5 Å². The van der Waals surface area contributed by atoms with E-state index in [0.717, 1.165) is 17.0 Å². The van der Waals surface area contributed by atoms with Crippen LogP contribution in [0.4, 0.5) is 0 Å². The molecule has 0 unspecified atom stereocenters. The van der Waals surface area contributed by atoms with Crippen LogP contribution in [0.25, 0.3) is 11.4 Å². The maximum atomic E-state index is 11.5. The largest absolute Gasteiger partial charge is 0.360 e. The first kappa shape index (κ1) is 8.74. The van der Waals surface area contributed by atoms with Crippen LogP contribution in [0.3, 0.4) is 0 Å². The molecule has 2 N–H and O–H groups in total. The minimum Gasteiger partial charge on any atom is -0.360 e. The standard InChI is InChI=1S/C10H11N3O/c1-2-7-9(8-4-3-5-11-8)12-6-13-10(7)14/h3-6,11H,2H2,1H3,(H,12,13,14). The summed E-state index contributed by atoms with van der Waals surface area (Å²) in [5, 5.41) is 0. The number of hydrogen-bond donors (Lipinski definition) is 2. The van der Waals surface area contributed by atoms with E-state index in [1.54, 1.807) is 0 Å². The van der Waals surface area contributed by atoms with Crippen LogP contribution in [-0.4, -0.2) is 15.0 Å². The number of aromatic nitrogens is 3. The quantitative estimate of drug-likeness (QED) is 0.748. The van der Waals surface area contributed by atoms with Crippen LogP contribution in [-0.2, 0) is 6.42 Å². The topological polar surface area (TPSA) is 61.5 Å². The van der Waals surface area contributed by atoms with Gasteiger partial charge in [-0.1, -0.05) is 6.92 Å². The molecule has 0 aliphatic carbocycles. The Hall–Kier alpha value is -1.84. The smallest absolute Gasteiger partial charge is 0.254 e. The second-order valence-corrected chi connectivity index (χ2v) is 3.00. The van der Waals surface area contributed by atoms with E-state index in [4.69, 9.17) is 0 Å². The first-order valence-corrected chi connectivity index (χ1v) is 4.53. The van der Waals surface area contributed by atoms with Gasteiger partial charge < -0.3 is 9.97 Å². The van der Waals surface area contributed by atoms with Gasteiger partial charge >= 0.3 is 0 Å². The van der Waals surface area contributed by atoms with Gasteiger partial charge in [0.25, 0.3) is 5.56 Å². The summed E-state index contributed by atoms with van der Waals surface area (Å²) in [6.07, 6.45) is 3.92. The molecule has 2 heterocycles. The molecule has 0 aliphatic heterocycles. The van der Waals surface area contributed by atoms with Gasteiger partial charge in [-0.3, -0.25) is 4.79 Å². The minimum absolute atomic E-state index is 0.0629. The van der Waals surface area contributed by atoms with Crippen LogP contribution in [0.2, 0.25) is 0 Å². The second-order valence-electron chi connectivity index (χ2n) is 3.00. The van der Waals surface area contributed by atoms with Crippen molar-refractivity contribution in [1.29, 1.82) is 0 Å². The zero-order valence-electron chi connectivity index (χ0n) is 7.87. The number of H-pyrrole nitrogens is 2. The SMILES string of the molecule is CCc1c(-c2ccc[nH]2)nc[nH]c1=O. The van der Waals surface area contributed by atoms with E-state index in [0.29, 0.717) is 6.42 Å². The van der Waals surface area contributed by atoms with Gasteiger partial charge in [0.1, 0.15) is 0 Å². The highest BCUT2D eigenvalue weighted by Gasteiger charge is 2.08. The Morgan fingerprint density at radius 2 is 2.29 bits per heavy atom. The monoisotopic (exact) mass is 189 g/mol. The number of nitrogens with zero attached hydrogens (tertiary/aromatic N) is 1. The molecule has 0 saturated heterocycles. The second kappa shape index (κ2) is 3.49. The average Bonchev–Trinajstić information content (AvgIpc) is 2.70. The van der Waals surface area contributed by atoms with Crippen LogP contribution < -0.4 is 5.56 Å². The van der Waals surface area contributed by atoms with E-state index in [1.807, 2.05) is 25.3 Å². The molecule has 2 aromatic rings. The highest BCUT2D eigenvalue weighted by molar-refractivity contribution is 5.57. The fourth-order valence-corrected chi connectivity index (χ4v) is 1.47. The van der Waals surface area contributed by atoms with E-state index in [1.165, 1.54) is 6.33 Å². The Labute approximate surface area is 81.0 Å². The molecule has 4 nitrogen and oxygen atoms in total. The molecular weight excluding hydrogens is 178 g/mol. The first-order chi connectivity index (χ1) is 6.83. The van der Waals surface area contributed by atoms with Crippen LogP contribution in [0, 0.1) is 0 Å². The van der Waals surface area contributed by atoms with Gasteiger partial charge in [0, 0.05) is 11.8 Å². The van der Waals surface area contributed by atoms with Crippen molar-refractivity contribution < 1.29 is 0 Å². The maximum absolute atomic E-state index is 11.5. The number of hydrogen-bond acceptors (Lipinski definition) is 2. The Balaban J connectivity index is 2.64. The molecule has 0 aromatic carbocycles. The molecule has 0 bridgehead atoms. The predicted octanol–water partition coefficient (Wildman–Crippen LogP) is 1.33. The van der Waals surface area contributed by atoms with E-state index in [-0.39, 0.29) is 5.56 Å². The molecule has 0 amide bonds. The van der Waals surface area contributed by atoms with Gasteiger partial charge in [-0.15, -0.1) is 0 Å². The summed E-state index contributed by atoms with van der Waals surface area (Å²) in [5.41, 5.74) is 2.27.